The molecule has 0 aliphatic heterocycles. The number of halogens is 1. The van der Waals surface area contributed by atoms with Crippen LogP contribution >= 0.6 is 11.6 Å². The monoisotopic (exact) mass is 385 g/mol. The fourth-order valence-electron chi connectivity index (χ4n) is 2.44. The Kier molecular flexibility index (Phi) is 5.28. The van der Waals surface area contributed by atoms with Crippen LogP contribution in [-0.2, 0) is 0 Å². The molecule has 0 aliphatic carbocycles. The fourth-order valence-corrected chi connectivity index (χ4v) is 2.65. The summed E-state index contributed by atoms with van der Waals surface area (Å²) >= 11 is 5.99. The molecular weight excluding hydrogens is 370 g/mol. The zero-order valence-electron chi connectivity index (χ0n) is 14.6. The lowest BCUT2D eigenvalue weighted by Gasteiger charge is -2.09. The van der Waals surface area contributed by atoms with Crippen LogP contribution in [0.3, 0.4) is 0 Å². The number of benzene rings is 2. The highest BCUT2D eigenvalue weighted by Crippen LogP contribution is 2.23. The molecule has 0 unspecified atom stereocenters. The number of carbonyl (C=O) groups is 2. The van der Waals surface area contributed by atoms with E-state index in [0.717, 1.165) is 0 Å². The maximum Gasteiger partial charge on any atom is 0.349 e. The molecule has 1 heterocycles. The van der Waals surface area contributed by atoms with Crippen molar-refractivity contribution in [2.45, 2.75) is 19.9 Å². The van der Waals surface area contributed by atoms with Crippen LogP contribution in [0.25, 0.3) is 11.0 Å². The fraction of sp³-hybridized carbons (Fsp3) is 0.150. The van der Waals surface area contributed by atoms with Gasteiger partial charge in [0.2, 0.25) is 0 Å². The summed E-state index contributed by atoms with van der Waals surface area (Å²) in [5.41, 5.74) is -0.431. The van der Waals surface area contributed by atoms with E-state index >= 15 is 0 Å². The first kappa shape index (κ1) is 18.7. The number of hydrogen-bond donors (Lipinski definition) is 1. The molecule has 6 nitrogen and oxygen atoms in total. The van der Waals surface area contributed by atoms with Crippen molar-refractivity contribution in [1.82, 2.24) is 5.32 Å². The topological polar surface area (TPSA) is 85.6 Å². The third-order valence-corrected chi connectivity index (χ3v) is 4.01. The minimum Gasteiger partial charge on any atom is -0.423 e. The van der Waals surface area contributed by atoms with Crippen LogP contribution in [0.4, 0.5) is 0 Å². The largest absolute Gasteiger partial charge is 0.423 e. The minimum atomic E-state index is -0.768. The summed E-state index contributed by atoms with van der Waals surface area (Å²) in [6.07, 6.45) is 0. The summed E-state index contributed by atoms with van der Waals surface area (Å²) in [7, 11) is 0. The predicted molar refractivity (Wildman–Crippen MR) is 101 cm³/mol. The van der Waals surface area contributed by atoms with Gasteiger partial charge in [-0.2, -0.15) is 0 Å². The summed E-state index contributed by atoms with van der Waals surface area (Å²) in [6.45, 7) is 3.58. The predicted octanol–water partition coefficient (Wildman–Crippen LogP) is 3.80. The number of rotatable bonds is 4. The van der Waals surface area contributed by atoms with Gasteiger partial charge in [-0.25, -0.2) is 9.59 Å². The number of esters is 1. The lowest BCUT2D eigenvalue weighted by molar-refractivity contribution is 0.0735. The van der Waals surface area contributed by atoms with Gasteiger partial charge in [0.05, 0.1) is 10.6 Å². The van der Waals surface area contributed by atoms with Gasteiger partial charge in [0, 0.05) is 17.5 Å². The zero-order valence-corrected chi connectivity index (χ0v) is 15.4. The number of amides is 1. The van der Waals surface area contributed by atoms with E-state index in [1.165, 1.54) is 12.1 Å². The van der Waals surface area contributed by atoms with E-state index in [1.54, 1.807) is 50.2 Å². The summed E-state index contributed by atoms with van der Waals surface area (Å²) < 4.78 is 10.5. The first-order valence-corrected chi connectivity index (χ1v) is 8.58. The van der Waals surface area contributed by atoms with Crippen LogP contribution in [0, 0.1) is 0 Å². The summed E-state index contributed by atoms with van der Waals surface area (Å²) in [6, 6.07) is 12.4. The van der Waals surface area contributed by atoms with Crippen LogP contribution in [-0.4, -0.2) is 17.9 Å². The van der Waals surface area contributed by atoms with Crippen LogP contribution in [0.1, 0.15) is 34.6 Å². The normalized spacial score (nSPS) is 10.8. The van der Waals surface area contributed by atoms with E-state index in [9.17, 15) is 14.4 Å². The van der Waals surface area contributed by atoms with Crippen molar-refractivity contribution in [3.8, 4) is 5.75 Å². The first-order valence-electron chi connectivity index (χ1n) is 8.20. The Morgan fingerprint density at radius 2 is 1.81 bits per heavy atom. The van der Waals surface area contributed by atoms with Crippen LogP contribution in [0.15, 0.2) is 57.7 Å². The average Bonchev–Trinajstić information content (AvgIpc) is 2.60. The SMILES string of the molecule is CC(C)NC(=O)c1cc2ccc(OC(=O)c3ccccc3Cl)cc2oc1=O. The highest BCUT2D eigenvalue weighted by Gasteiger charge is 2.16. The second kappa shape index (κ2) is 7.63. The molecule has 0 fully saturated rings. The van der Waals surface area contributed by atoms with E-state index in [0.29, 0.717) is 5.39 Å². The molecule has 3 rings (SSSR count). The standard InChI is InChI=1S/C20H16ClNO5/c1-11(2)22-18(23)15-9-12-7-8-13(10-17(12)27-20(15)25)26-19(24)14-5-3-4-6-16(14)21/h3-11H,1-2H3,(H,22,23). The van der Waals surface area contributed by atoms with Crippen molar-refractivity contribution in [3.05, 3.63) is 75.1 Å². The van der Waals surface area contributed by atoms with E-state index in [1.807, 2.05) is 0 Å². The highest BCUT2D eigenvalue weighted by atomic mass is 35.5. The van der Waals surface area contributed by atoms with Gasteiger partial charge < -0.3 is 14.5 Å². The molecule has 138 valence electrons. The molecule has 27 heavy (non-hydrogen) atoms. The zero-order chi connectivity index (χ0) is 19.6. The van der Waals surface area contributed by atoms with Gasteiger partial charge in [-0.1, -0.05) is 23.7 Å². The van der Waals surface area contributed by atoms with Gasteiger partial charge in [-0.15, -0.1) is 0 Å². The summed E-state index contributed by atoms with van der Waals surface area (Å²) in [5.74, 6) is -0.944. The number of hydrogen-bond acceptors (Lipinski definition) is 5. The second-order valence-electron chi connectivity index (χ2n) is 6.14. The van der Waals surface area contributed by atoms with E-state index < -0.39 is 17.5 Å². The summed E-state index contributed by atoms with van der Waals surface area (Å²) in [5, 5.41) is 3.45. The van der Waals surface area contributed by atoms with Crippen molar-refractivity contribution in [2.24, 2.45) is 0 Å². The molecule has 2 aromatic carbocycles. The number of fused-ring (bicyclic) bond motifs is 1. The summed E-state index contributed by atoms with van der Waals surface area (Å²) in [4.78, 5) is 36.4. The van der Waals surface area contributed by atoms with Gasteiger partial charge in [-0.05, 0) is 44.2 Å². The maximum atomic E-state index is 12.2. The Balaban J connectivity index is 1.90. The van der Waals surface area contributed by atoms with Crippen LogP contribution in [0.2, 0.25) is 5.02 Å². The third-order valence-electron chi connectivity index (χ3n) is 3.68. The Hall–Kier alpha value is -3.12. The van der Waals surface area contributed by atoms with Crippen molar-refractivity contribution in [1.29, 1.82) is 0 Å². The van der Waals surface area contributed by atoms with E-state index in [4.69, 9.17) is 20.8 Å². The van der Waals surface area contributed by atoms with Crippen molar-refractivity contribution < 1.29 is 18.7 Å². The number of ether oxygens (including phenoxy) is 1. The average molecular weight is 386 g/mol. The van der Waals surface area contributed by atoms with Crippen LogP contribution in [0.5, 0.6) is 5.75 Å². The second-order valence-corrected chi connectivity index (χ2v) is 6.55. The maximum absolute atomic E-state index is 12.2. The molecule has 1 N–H and O–H groups in total. The molecule has 0 atom stereocenters. The number of nitrogens with one attached hydrogen (secondary N) is 1. The quantitative estimate of drug-likeness (QED) is 0.419. The van der Waals surface area contributed by atoms with E-state index in [2.05, 4.69) is 5.32 Å². The molecule has 0 bridgehead atoms. The molecule has 0 saturated heterocycles. The van der Waals surface area contributed by atoms with Gasteiger partial charge in [0.15, 0.2) is 0 Å². The van der Waals surface area contributed by atoms with Gasteiger partial charge >= 0.3 is 11.6 Å². The molecular formula is C20H16ClNO5. The van der Waals surface area contributed by atoms with Crippen LogP contribution < -0.4 is 15.7 Å². The van der Waals surface area contributed by atoms with Gasteiger partial charge in [-0.3, -0.25) is 4.79 Å². The Labute approximate surface area is 159 Å². The van der Waals surface area contributed by atoms with Gasteiger partial charge in [0.25, 0.3) is 5.91 Å². The molecule has 1 aromatic heterocycles. The lowest BCUT2D eigenvalue weighted by atomic mass is 10.1. The third kappa shape index (κ3) is 4.17. The highest BCUT2D eigenvalue weighted by molar-refractivity contribution is 6.33. The van der Waals surface area contributed by atoms with Crippen molar-refractivity contribution >= 4 is 34.4 Å². The minimum absolute atomic E-state index is 0.0861. The van der Waals surface area contributed by atoms with Crippen molar-refractivity contribution in [3.63, 3.8) is 0 Å². The molecule has 3 aromatic rings. The Bertz CT molecular complexity index is 1090. The molecule has 0 saturated carbocycles. The molecule has 0 aliphatic rings. The molecule has 0 radical (unpaired) electrons. The smallest absolute Gasteiger partial charge is 0.349 e. The Morgan fingerprint density at radius 3 is 2.52 bits per heavy atom. The van der Waals surface area contributed by atoms with Crippen molar-refractivity contribution in [2.75, 3.05) is 0 Å². The molecule has 7 heteroatoms. The Morgan fingerprint density at radius 1 is 1.07 bits per heavy atom. The number of carbonyl (C=O) groups excluding carboxylic acids is 2. The van der Waals surface area contributed by atoms with E-state index in [-0.39, 0.29) is 33.5 Å². The molecule has 0 spiro atoms. The lowest BCUT2D eigenvalue weighted by Crippen LogP contribution is -2.33. The molecule has 1 amide bonds. The first-order chi connectivity index (χ1) is 12.8. The van der Waals surface area contributed by atoms with Gasteiger partial charge in [0.1, 0.15) is 16.9 Å².